The van der Waals surface area contributed by atoms with E-state index in [0.29, 0.717) is 6.42 Å². The normalized spacial score (nSPS) is 14.7. The molecular weight excluding hydrogens is 286 g/mol. The number of rotatable bonds is 7. The fourth-order valence-electron chi connectivity index (χ4n) is 2.71. The van der Waals surface area contributed by atoms with Crippen LogP contribution in [0.25, 0.3) is 0 Å². The molecule has 3 nitrogen and oxygen atoms in total. The summed E-state index contributed by atoms with van der Waals surface area (Å²) < 4.78 is 0. The maximum atomic E-state index is 12.5. The highest BCUT2D eigenvalue weighted by Gasteiger charge is 2.23. The van der Waals surface area contributed by atoms with Gasteiger partial charge >= 0.3 is 0 Å². The minimum Gasteiger partial charge on any atom is -0.391 e. The van der Waals surface area contributed by atoms with E-state index >= 15 is 0 Å². The van der Waals surface area contributed by atoms with Crippen molar-refractivity contribution in [2.45, 2.75) is 44.8 Å². The van der Waals surface area contributed by atoms with Gasteiger partial charge in [0.25, 0.3) is 0 Å². The molecule has 0 saturated carbocycles. The quantitative estimate of drug-likeness (QED) is 0.824. The molecule has 2 N–H and O–H groups in total. The lowest BCUT2D eigenvalue weighted by Crippen LogP contribution is -2.44. The molecule has 3 unspecified atom stereocenters. The molecule has 0 heterocycles. The summed E-state index contributed by atoms with van der Waals surface area (Å²) in [4.78, 5) is 12.5. The van der Waals surface area contributed by atoms with E-state index in [2.05, 4.69) is 5.32 Å². The predicted molar refractivity (Wildman–Crippen MR) is 93.2 cm³/mol. The van der Waals surface area contributed by atoms with E-state index in [0.717, 1.165) is 17.5 Å². The molecule has 0 spiro atoms. The largest absolute Gasteiger partial charge is 0.391 e. The minimum atomic E-state index is -0.602. The number of amides is 1. The van der Waals surface area contributed by atoms with Crippen LogP contribution < -0.4 is 5.32 Å². The highest BCUT2D eigenvalue weighted by atomic mass is 16.3. The van der Waals surface area contributed by atoms with Crippen molar-refractivity contribution in [3.05, 3.63) is 71.8 Å². The van der Waals surface area contributed by atoms with Crippen LogP contribution in [0.5, 0.6) is 0 Å². The molecule has 0 aromatic heterocycles. The maximum Gasteiger partial charge on any atom is 0.227 e. The number of nitrogens with one attached hydrogen (secondary N) is 1. The van der Waals surface area contributed by atoms with Crippen molar-refractivity contribution in [1.82, 2.24) is 5.32 Å². The second-order valence-electron chi connectivity index (χ2n) is 5.93. The molecule has 2 aromatic carbocycles. The topological polar surface area (TPSA) is 49.3 Å². The van der Waals surface area contributed by atoms with E-state index in [9.17, 15) is 9.90 Å². The first-order valence-electron chi connectivity index (χ1n) is 8.19. The van der Waals surface area contributed by atoms with Gasteiger partial charge in [0.1, 0.15) is 0 Å². The first-order chi connectivity index (χ1) is 11.1. The van der Waals surface area contributed by atoms with Gasteiger partial charge < -0.3 is 10.4 Å². The summed E-state index contributed by atoms with van der Waals surface area (Å²) in [5.41, 5.74) is 2.08. The second-order valence-corrected chi connectivity index (χ2v) is 5.93. The van der Waals surface area contributed by atoms with Gasteiger partial charge in [0.15, 0.2) is 0 Å². The molecule has 3 heteroatoms. The molecule has 0 fully saturated rings. The molecule has 122 valence electrons. The number of benzene rings is 2. The summed E-state index contributed by atoms with van der Waals surface area (Å²) >= 11 is 0. The standard InChI is InChI=1S/C20H25NO2/c1-3-18(17-12-8-5-9-13-17)20(23)21-15(2)19(22)14-16-10-6-4-7-11-16/h4-13,15,18-19,22H,3,14H2,1-2H3,(H,21,23). The first-order valence-corrected chi connectivity index (χ1v) is 8.19. The van der Waals surface area contributed by atoms with Crippen LogP contribution in [0, 0.1) is 0 Å². The summed E-state index contributed by atoms with van der Waals surface area (Å²) in [5.74, 6) is -0.208. The molecule has 0 saturated heterocycles. The van der Waals surface area contributed by atoms with Crippen LogP contribution >= 0.6 is 0 Å². The Labute approximate surface area is 138 Å². The SMILES string of the molecule is CCC(C(=O)NC(C)C(O)Cc1ccccc1)c1ccccc1. The van der Waals surface area contributed by atoms with Gasteiger partial charge in [-0.2, -0.15) is 0 Å². The number of hydrogen-bond donors (Lipinski definition) is 2. The van der Waals surface area contributed by atoms with Crippen molar-refractivity contribution in [3.63, 3.8) is 0 Å². The minimum absolute atomic E-state index is 0.0293. The maximum absolute atomic E-state index is 12.5. The van der Waals surface area contributed by atoms with Gasteiger partial charge in [-0.15, -0.1) is 0 Å². The van der Waals surface area contributed by atoms with E-state index in [1.54, 1.807) is 0 Å². The van der Waals surface area contributed by atoms with Crippen LogP contribution in [-0.4, -0.2) is 23.2 Å². The molecule has 2 rings (SSSR count). The van der Waals surface area contributed by atoms with E-state index in [1.807, 2.05) is 74.5 Å². The van der Waals surface area contributed by atoms with Gasteiger partial charge in [0.05, 0.1) is 18.1 Å². The van der Waals surface area contributed by atoms with Crippen molar-refractivity contribution >= 4 is 5.91 Å². The average Bonchev–Trinajstić information content (AvgIpc) is 2.57. The number of carbonyl (C=O) groups is 1. The van der Waals surface area contributed by atoms with Crippen molar-refractivity contribution in [2.24, 2.45) is 0 Å². The zero-order valence-corrected chi connectivity index (χ0v) is 13.8. The zero-order chi connectivity index (χ0) is 16.7. The van der Waals surface area contributed by atoms with E-state index in [-0.39, 0.29) is 17.9 Å². The zero-order valence-electron chi connectivity index (χ0n) is 13.8. The van der Waals surface area contributed by atoms with Crippen LogP contribution in [0.1, 0.15) is 37.3 Å². The van der Waals surface area contributed by atoms with Crippen LogP contribution in [0.4, 0.5) is 0 Å². The number of hydrogen-bond acceptors (Lipinski definition) is 2. The summed E-state index contributed by atoms with van der Waals surface area (Å²) in [6, 6.07) is 19.3. The highest BCUT2D eigenvalue weighted by molar-refractivity contribution is 5.83. The Balaban J connectivity index is 1.95. The molecule has 1 amide bonds. The monoisotopic (exact) mass is 311 g/mol. The molecule has 23 heavy (non-hydrogen) atoms. The van der Waals surface area contributed by atoms with Crippen molar-refractivity contribution in [1.29, 1.82) is 0 Å². The third kappa shape index (κ3) is 4.93. The smallest absolute Gasteiger partial charge is 0.227 e. The third-order valence-electron chi connectivity index (χ3n) is 4.16. The van der Waals surface area contributed by atoms with Gasteiger partial charge in [0, 0.05) is 6.42 Å². The van der Waals surface area contributed by atoms with Crippen molar-refractivity contribution in [2.75, 3.05) is 0 Å². The average molecular weight is 311 g/mol. The Morgan fingerprint density at radius 2 is 1.61 bits per heavy atom. The summed E-state index contributed by atoms with van der Waals surface area (Å²) in [6.45, 7) is 3.85. The Kier molecular flexibility index (Phi) is 6.36. The van der Waals surface area contributed by atoms with Gasteiger partial charge in [-0.25, -0.2) is 0 Å². The van der Waals surface area contributed by atoms with Crippen molar-refractivity contribution in [3.8, 4) is 0 Å². The van der Waals surface area contributed by atoms with Crippen LogP contribution in [0.3, 0.4) is 0 Å². The van der Waals surface area contributed by atoms with Crippen molar-refractivity contribution < 1.29 is 9.90 Å². The summed E-state index contributed by atoms with van der Waals surface area (Å²) in [5, 5.41) is 13.3. The molecule has 0 aliphatic rings. The van der Waals surface area contributed by atoms with Crippen LogP contribution in [0.2, 0.25) is 0 Å². The fraction of sp³-hybridized carbons (Fsp3) is 0.350. The lowest BCUT2D eigenvalue weighted by atomic mass is 9.94. The van der Waals surface area contributed by atoms with E-state index in [1.165, 1.54) is 0 Å². The lowest BCUT2D eigenvalue weighted by molar-refractivity contribution is -0.124. The molecule has 0 aliphatic carbocycles. The first kappa shape index (κ1) is 17.2. The van der Waals surface area contributed by atoms with E-state index in [4.69, 9.17) is 0 Å². The highest BCUT2D eigenvalue weighted by Crippen LogP contribution is 2.19. The van der Waals surface area contributed by atoms with Gasteiger partial charge in [-0.3, -0.25) is 4.79 Å². The van der Waals surface area contributed by atoms with Crippen LogP contribution in [-0.2, 0) is 11.2 Å². The molecule has 2 aromatic rings. The molecule has 0 radical (unpaired) electrons. The predicted octanol–water partition coefficient (Wildman–Crippen LogP) is 3.29. The number of aliphatic hydroxyl groups excluding tert-OH is 1. The molecule has 0 aliphatic heterocycles. The van der Waals surface area contributed by atoms with Gasteiger partial charge in [-0.05, 0) is 24.5 Å². The second kappa shape index (κ2) is 8.49. The Bertz CT molecular complexity index is 598. The summed E-state index contributed by atoms with van der Waals surface area (Å²) in [6.07, 6.45) is 0.663. The Hall–Kier alpha value is -2.13. The molecular formula is C20H25NO2. The lowest BCUT2D eigenvalue weighted by Gasteiger charge is -2.23. The van der Waals surface area contributed by atoms with Gasteiger partial charge in [0.2, 0.25) is 5.91 Å². The number of aliphatic hydroxyl groups is 1. The van der Waals surface area contributed by atoms with E-state index < -0.39 is 6.10 Å². The molecule has 3 atom stereocenters. The third-order valence-corrected chi connectivity index (χ3v) is 4.16. The molecule has 0 bridgehead atoms. The Morgan fingerprint density at radius 1 is 1.04 bits per heavy atom. The van der Waals surface area contributed by atoms with Crippen LogP contribution in [0.15, 0.2) is 60.7 Å². The van der Waals surface area contributed by atoms with Gasteiger partial charge in [-0.1, -0.05) is 67.6 Å². The Morgan fingerprint density at radius 3 is 2.17 bits per heavy atom. The fourth-order valence-corrected chi connectivity index (χ4v) is 2.71. The summed E-state index contributed by atoms with van der Waals surface area (Å²) in [7, 11) is 0. The number of carbonyl (C=O) groups excluding carboxylic acids is 1.